The van der Waals surface area contributed by atoms with Crippen LogP contribution in [0.3, 0.4) is 0 Å². The Kier molecular flexibility index (Phi) is 12.0. The molecule has 0 heterocycles. The van der Waals surface area contributed by atoms with Crippen LogP contribution in [0.25, 0.3) is 0 Å². The standard InChI is InChI=1S/C17H28N4O2.HI/c1-5-13(2)21-16(22)10-11-19-17(18-3)20-12-14-8-6-7-9-15(14)23-4;/h6-9,13H,5,10-12H2,1-4H3,(H,21,22)(H2,18,19,20);1H. The van der Waals surface area contributed by atoms with Gasteiger partial charge in [-0.05, 0) is 19.4 Å². The molecular formula is C17H29IN4O2. The molecule has 0 aliphatic heterocycles. The maximum absolute atomic E-state index is 11.7. The van der Waals surface area contributed by atoms with Crippen LogP contribution < -0.4 is 20.7 Å². The van der Waals surface area contributed by atoms with Gasteiger partial charge in [-0.2, -0.15) is 0 Å². The van der Waals surface area contributed by atoms with E-state index in [-0.39, 0.29) is 35.9 Å². The molecular weight excluding hydrogens is 419 g/mol. The van der Waals surface area contributed by atoms with E-state index in [1.54, 1.807) is 14.2 Å². The van der Waals surface area contributed by atoms with Crippen LogP contribution >= 0.6 is 24.0 Å². The summed E-state index contributed by atoms with van der Waals surface area (Å²) in [6.45, 7) is 5.18. The molecule has 1 atom stereocenters. The van der Waals surface area contributed by atoms with Crippen molar-refractivity contribution in [3.63, 3.8) is 0 Å². The number of para-hydroxylation sites is 1. The van der Waals surface area contributed by atoms with E-state index >= 15 is 0 Å². The second-order valence-corrected chi connectivity index (χ2v) is 5.29. The number of rotatable bonds is 8. The monoisotopic (exact) mass is 448 g/mol. The number of carbonyl (C=O) groups is 1. The lowest BCUT2D eigenvalue weighted by molar-refractivity contribution is -0.121. The number of guanidine groups is 1. The van der Waals surface area contributed by atoms with Crippen LogP contribution in [0, 0.1) is 0 Å². The predicted octanol–water partition coefficient (Wildman–Crippen LogP) is 2.28. The summed E-state index contributed by atoms with van der Waals surface area (Å²) in [7, 11) is 3.36. The zero-order valence-electron chi connectivity index (χ0n) is 14.9. The van der Waals surface area contributed by atoms with E-state index < -0.39 is 0 Å². The van der Waals surface area contributed by atoms with Crippen LogP contribution in [0.15, 0.2) is 29.3 Å². The Morgan fingerprint density at radius 3 is 2.62 bits per heavy atom. The Labute approximate surface area is 161 Å². The lowest BCUT2D eigenvalue weighted by atomic mass is 10.2. The third-order valence-corrected chi connectivity index (χ3v) is 3.53. The summed E-state index contributed by atoms with van der Waals surface area (Å²) in [4.78, 5) is 15.9. The number of amides is 1. The van der Waals surface area contributed by atoms with Gasteiger partial charge in [0.25, 0.3) is 0 Å². The van der Waals surface area contributed by atoms with Crippen molar-refractivity contribution in [2.24, 2.45) is 4.99 Å². The van der Waals surface area contributed by atoms with Gasteiger partial charge in [0.05, 0.1) is 7.11 Å². The summed E-state index contributed by atoms with van der Waals surface area (Å²) in [6.07, 6.45) is 1.35. The number of aliphatic imine (C=N–C) groups is 1. The van der Waals surface area contributed by atoms with E-state index in [4.69, 9.17) is 4.74 Å². The van der Waals surface area contributed by atoms with Crippen LogP contribution in [0.5, 0.6) is 5.75 Å². The minimum Gasteiger partial charge on any atom is -0.496 e. The first-order valence-corrected chi connectivity index (χ1v) is 7.96. The molecule has 1 amide bonds. The topological polar surface area (TPSA) is 74.8 Å². The molecule has 0 aliphatic rings. The van der Waals surface area contributed by atoms with Gasteiger partial charge in [-0.15, -0.1) is 24.0 Å². The van der Waals surface area contributed by atoms with Gasteiger partial charge in [0.15, 0.2) is 5.96 Å². The van der Waals surface area contributed by atoms with Gasteiger partial charge >= 0.3 is 0 Å². The van der Waals surface area contributed by atoms with Gasteiger partial charge in [0, 0.05) is 38.2 Å². The highest BCUT2D eigenvalue weighted by atomic mass is 127. The number of nitrogens with one attached hydrogen (secondary N) is 3. The summed E-state index contributed by atoms with van der Waals surface area (Å²) in [5.41, 5.74) is 1.05. The van der Waals surface area contributed by atoms with E-state index in [1.165, 1.54) is 0 Å². The molecule has 1 unspecified atom stereocenters. The average molecular weight is 448 g/mol. The minimum atomic E-state index is 0. The maximum Gasteiger partial charge on any atom is 0.221 e. The van der Waals surface area contributed by atoms with E-state index in [0.717, 1.165) is 17.7 Å². The van der Waals surface area contributed by atoms with Crippen molar-refractivity contribution in [2.45, 2.75) is 39.3 Å². The Bertz CT molecular complexity index is 523. The Balaban J connectivity index is 0.00000529. The lowest BCUT2D eigenvalue weighted by Gasteiger charge is -2.14. The van der Waals surface area contributed by atoms with Crippen molar-refractivity contribution in [1.82, 2.24) is 16.0 Å². The number of hydrogen-bond acceptors (Lipinski definition) is 3. The van der Waals surface area contributed by atoms with Crippen molar-refractivity contribution in [3.05, 3.63) is 29.8 Å². The van der Waals surface area contributed by atoms with Crippen LogP contribution in [-0.4, -0.2) is 38.6 Å². The van der Waals surface area contributed by atoms with Gasteiger partial charge in [0.2, 0.25) is 5.91 Å². The molecule has 0 bridgehead atoms. The van der Waals surface area contributed by atoms with Gasteiger partial charge in [-0.1, -0.05) is 25.1 Å². The SMILES string of the molecule is CCC(C)NC(=O)CCNC(=NC)NCc1ccccc1OC.I. The van der Waals surface area contributed by atoms with Crippen LogP contribution in [-0.2, 0) is 11.3 Å². The first-order valence-electron chi connectivity index (χ1n) is 7.96. The highest BCUT2D eigenvalue weighted by molar-refractivity contribution is 14.0. The molecule has 0 aromatic heterocycles. The summed E-state index contributed by atoms with van der Waals surface area (Å²) < 4.78 is 5.32. The van der Waals surface area contributed by atoms with Crippen LogP contribution in [0.2, 0.25) is 0 Å². The molecule has 3 N–H and O–H groups in total. The number of ether oxygens (including phenoxy) is 1. The Morgan fingerprint density at radius 2 is 2.00 bits per heavy atom. The van der Waals surface area contributed by atoms with E-state index in [1.807, 2.05) is 38.1 Å². The van der Waals surface area contributed by atoms with Crippen LogP contribution in [0.1, 0.15) is 32.3 Å². The van der Waals surface area contributed by atoms with E-state index in [9.17, 15) is 4.79 Å². The average Bonchev–Trinajstić information content (AvgIpc) is 2.57. The molecule has 24 heavy (non-hydrogen) atoms. The smallest absolute Gasteiger partial charge is 0.221 e. The second kappa shape index (κ2) is 12.9. The fraction of sp³-hybridized carbons (Fsp3) is 0.529. The zero-order chi connectivity index (χ0) is 17.1. The molecule has 6 nitrogen and oxygen atoms in total. The fourth-order valence-electron chi connectivity index (χ4n) is 1.99. The first-order chi connectivity index (χ1) is 11.1. The summed E-state index contributed by atoms with van der Waals surface area (Å²) in [6, 6.07) is 8.04. The molecule has 0 aliphatic carbocycles. The van der Waals surface area contributed by atoms with Gasteiger partial charge in [-0.3, -0.25) is 9.79 Å². The summed E-state index contributed by atoms with van der Waals surface area (Å²) in [5, 5.41) is 9.29. The predicted molar refractivity (Wildman–Crippen MR) is 109 cm³/mol. The van der Waals surface area contributed by atoms with Gasteiger partial charge in [-0.25, -0.2) is 0 Å². The molecule has 1 aromatic rings. The van der Waals surface area contributed by atoms with Crippen molar-refractivity contribution in [2.75, 3.05) is 20.7 Å². The Hall–Kier alpha value is -1.51. The largest absolute Gasteiger partial charge is 0.496 e. The normalized spacial score (nSPS) is 11.9. The summed E-state index contributed by atoms with van der Waals surface area (Å²) >= 11 is 0. The third-order valence-electron chi connectivity index (χ3n) is 3.53. The van der Waals surface area contributed by atoms with Crippen LogP contribution in [0.4, 0.5) is 0 Å². The lowest BCUT2D eigenvalue weighted by Crippen LogP contribution is -2.40. The number of hydrogen-bond donors (Lipinski definition) is 3. The molecule has 7 heteroatoms. The van der Waals surface area contributed by atoms with E-state index in [0.29, 0.717) is 25.5 Å². The quantitative estimate of drug-likeness (QED) is 0.324. The minimum absolute atomic E-state index is 0. The Morgan fingerprint density at radius 1 is 1.29 bits per heavy atom. The number of methoxy groups -OCH3 is 1. The third kappa shape index (κ3) is 8.37. The summed E-state index contributed by atoms with van der Waals surface area (Å²) in [5.74, 6) is 1.54. The van der Waals surface area contributed by atoms with Gasteiger partial charge < -0.3 is 20.7 Å². The molecule has 0 spiro atoms. The molecule has 136 valence electrons. The van der Waals surface area contributed by atoms with Crippen molar-refractivity contribution < 1.29 is 9.53 Å². The number of carbonyl (C=O) groups excluding carboxylic acids is 1. The molecule has 0 saturated carbocycles. The number of benzene rings is 1. The van der Waals surface area contributed by atoms with Crippen molar-refractivity contribution in [1.29, 1.82) is 0 Å². The molecule has 0 fully saturated rings. The first kappa shape index (κ1) is 22.5. The highest BCUT2D eigenvalue weighted by Crippen LogP contribution is 2.16. The highest BCUT2D eigenvalue weighted by Gasteiger charge is 2.06. The molecule has 1 rings (SSSR count). The van der Waals surface area contributed by atoms with E-state index in [2.05, 4.69) is 20.9 Å². The fourth-order valence-corrected chi connectivity index (χ4v) is 1.99. The molecule has 1 aromatic carbocycles. The number of nitrogens with zero attached hydrogens (tertiary/aromatic N) is 1. The van der Waals surface area contributed by atoms with Crippen molar-refractivity contribution >= 4 is 35.8 Å². The molecule has 0 radical (unpaired) electrons. The molecule has 0 saturated heterocycles. The number of halogens is 1. The van der Waals surface area contributed by atoms with Crippen molar-refractivity contribution in [3.8, 4) is 5.75 Å². The second-order valence-electron chi connectivity index (χ2n) is 5.29. The van der Waals surface area contributed by atoms with Gasteiger partial charge in [0.1, 0.15) is 5.75 Å². The zero-order valence-corrected chi connectivity index (χ0v) is 17.2. The maximum atomic E-state index is 11.7.